The standard InChI is InChI=1S/C15H16O/c16-15(14-9-5-2-6-10-14)12-11-13-7-3-1-4-8-13/h1,3-4,7-9,11-12H,2,5-6,10H2. The highest BCUT2D eigenvalue weighted by molar-refractivity contribution is 6.06. The van der Waals surface area contributed by atoms with Crippen LogP contribution in [0.4, 0.5) is 0 Å². The van der Waals surface area contributed by atoms with E-state index in [1.54, 1.807) is 6.08 Å². The molecule has 16 heavy (non-hydrogen) atoms. The molecule has 0 radical (unpaired) electrons. The number of hydrogen-bond acceptors (Lipinski definition) is 1. The number of rotatable bonds is 3. The van der Waals surface area contributed by atoms with Crippen LogP contribution in [0.5, 0.6) is 0 Å². The summed E-state index contributed by atoms with van der Waals surface area (Å²) < 4.78 is 0. The number of allylic oxidation sites excluding steroid dienone is 3. The van der Waals surface area contributed by atoms with E-state index in [1.165, 1.54) is 6.42 Å². The van der Waals surface area contributed by atoms with E-state index >= 15 is 0 Å². The van der Waals surface area contributed by atoms with E-state index in [-0.39, 0.29) is 5.78 Å². The lowest BCUT2D eigenvalue weighted by Crippen LogP contribution is -2.02. The molecule has 0 bridgehead atoms. The first-order valence-electron chi connectivity index (χ1n) is 5.83. The van der Waals surface area contributed by atoms with Crippen LogP contribution < -0.4 is 0 Å². The van der Waals surface area contributed by atoms with Crippen molar-refractivity contribution in [2.24, 2.45) is 0 Å². The smallest absolute Gasteiger partial charge is 0.181 e. The summed E-state index contributed by atoms with van der Waals surface area (Å²) in [4.78, 5) is 11.8. The van der Waals surface area contributed by atoms with Gasteiger partial charge in [-0.3, -0.25) is 4.79 Å². The maximum Gasteiger partial charge on any atom is 0.181 e. The first kappa shape index (κ1) is 10.9. The Kier molecular flexibility index (Phi) is 3.71. The number of carbonyl (C=O) groups excluding carboxylic acids is 1. The first-order chi connectivity index (χ1) is 7.86. The molecule has 1 aliphatic carbocycles. The van der Waals surface area contributed by atoms with Gasteiger partial charge in [-0.15, -0.1) is 0 Å². The molecule has 82 valence electrons. The summed E-state index contributed by atoms with van der Waals surface area (Å²) in [5.41, 5.74) is 2.06. The molecule has 1 aromatic carbocycles. The molecule has 0 aliphatic heterocycles. The molecular weight excluding hydrogens is 196 g/mol. The van der Waals surface area contributed by atoms with E-state index in [0.717, 1.165) is 30.4 Å². The van der Waals surface area contributed by atoms with Crippen LogP contribution in [-0.2, 0) is 4.79 Å². The van der Waals surface area contributed by atoms with Gasteiger partial charge < -0.3 is 0 Å². The normalized spacial score (nSPS) is 16.1. The Bertz CT molecular complexity index is 412. The highest BCUT2D eigenvalue weighted by Gasteiger charge is 2.08. The summed E-state index contributed by atoms with van der Waals surface area (Å²) >= 11 is 0. The third-order valence-corrected chi connectivity index (χ3v) is 2.83. The van der Waals surface area contributed by atoms with Crippen molar-refractivity contribution in [3.8, 4) is 0 Å². The van der Waals surface area contributed by atoms with E-state index in [2.05, 4.69) is 6.08 Å². The van der Waals surface area contributed by atoms with Crippen molar-refractivity contribution in [2.45, 2.75) is 25.7 Å². The van der Waals surface area contributed by atoms with Crippen LogP contribution in [0.2, 0.25) is 0 Å². The molecule has 0 saturated carbocycles. The molecule has 0 spiro atoms. The maximum absolute atomic E-state index is 11.8. The SMILES string of the molecule is O=C(C=Cc1ccccc1)C1=CCCCC1. The van der Waals surface area contributed by atoms with Crippen LogP contribution in [0.1, 0.15) is 31.2 Å². The minimum absolute atomic E-state index is 0.170. The van der Waals surface area contributed by atoms with Gasteiger partial charge in [0.15, 0.2) is 5.78 Å². The molecule has 0 heterocycles. The Morgan fingerprint density at radius 2 is 1.94 bits per heavy atom. The number of ketones is 1. The largest absolute Gasteiger partial charge is 0.290 e. The van der Waals surface area contributed by atoms with Gasteiger partial charge in [0.25, 0.3) is 0 Å². The van der Waals surface area contributed by atoms with Gasteiger partial charge in [0, 0.05) is 0 Å². The van der Waals surface area contributed by atoms with E-state index in [9.17, 15) is 4.79 Å². The Hall–Kier alpha value is -1.63. The van der Waals surface area contributed by atoms with Gasteiger partial charge >= 0.3 is 0 Å². The van der Waals surface area contributed by atoms with Crippen molar-refractivity contribution in [1.82, 2.24) is 0 Å². The summed E-state index contributed by atoms with van der Waals surface area (Å²) in [5, 5.41) is 0. The zero-order chi connectivity index (χ0) is 11.2. The fourth-order valence-electron chi connectivity index (χ4n) is 1.91. The Morgan fingerprint density at radius 1 is 1.12 bits per heavy atom. The van der Waals surface area contributed by atoms with Gasteiger partial charge in [-0.2, -0.15) is 0 Å². The molecule has 1 heteroatoms. The molecule has 0 N–H and O–H groups in total. The molecule has 0 atom stereocenters. The highest BCUT2D eigenvalue weighted by Crippen LogP contribution is 2.18. The number of benzene rings is 1. The fraction of sp³-hybridized carbons (Fsp3) is 0.267. The van der Waals surface area contributed by atoms with Crippen LogP contribution >= 0.6 is 0 Å². The lowest BCUT2D eigenvalue weighted by molar-refractivity contribution is -0.111. The fourth-order valence-corrected chi connectivity index (χ4v) is 1.91. The summed E-state index contributed by atoms with van der Waals surface area (Å²) in [7, 11) is 0. The first-order valence-corrected chi connectivity index (χ1v) is 5.83. The monoisotopic (exact) mass is 212 g/mol. The second-order valence-corrected chi connectivity index (χ2v) is 4.08. The third-order valence-electron chi connectivity index (χ3n) is 2.83. The van der Waals surface area contributed by atoms with Crippen molar-refractivity contribution in [3.63, 3.8) is 0 Å². The Labute approximate surface area is 96.5 Å². The quantitative estimate of drug-likeness (QED) is 0.697. The van der Waals surface area contributed by atoms with Gasteiger partial charge in [0.1, 0.15) is 0 Å². The van der Waals surface area contributed by atoms with Crippen LogP contribution in [0.15, 0.2) is 48.1 Å². The van der Waals surface area contributed by atoms with E-state index in [1.807, 2.05) is 36.4 Å². The highest BCUT2D eigenvalue weighted by atomic mass is 16.1. The Morgan fingerprint density at radius 3 is 2.62 bits per heavy atom. The molecule has 0 fully saturated rings. The van der Waals surface area contributed by atoms with E-state index < -0.39 is 0 Å². The zero-order valence-electron chi connectivity index (χ0n) is 9.36. The second kappa shape index (κ2) is 5.45. The summed E-state index contributed by atoms with van der Waals surface area (Å²) in [6.07, 6.45) is 10.0. The van der Waals surface area contributed by atoms with Crippen molar-refractivity contribution >= 4 is 11.9 Å². The molecule has 0 amide bonds. The minimum atomic E-state index is 0.170. The molecule has 1 nitrogen and oxygen atoms in total. The van der Waals surface area contributed by atoms with E-state index in [4.69, 9.17) is 0 Å². The number of carbonyl (C=O) groups is 1. The van der Waals surface area contributed by atoms with Gasteiger partial charge in [-0.1, -0.05) is 42.5 Å². The second-order valence-electron chi connectivity index (χ2n) is 4.08. The summed E-state index contributed by atoms with van der Waals surface area (Å²) in [6, 6.07) is 9.93. The van der Waals surface area contributed by atoms with Gasteiger partial charge in [0.2, 0.25) is 0 Å². The molecule has 0 unspecified atom stereocenters. The van der Waals surface area contributed by atoms with Crippen molar-refractivity contribution < 1.29 is 4.79 Å². The molecule has 0 aromatic heterocycles. The maximum atomic E-state index is 11.8. The van der Waals surface area contributed by atoms with Gasteiger partial charge in [-0.25, -0.2) is 0 Å². The van der Waals surface area contributed by atoms with Gasteiger partial charge in [0.05, 0.1) is 0 Å². The van der Waals surface area contributed by atoms with Crippen LogP contribution in [0.3, 0.4) is 0 Å². The molecule has 1 aromatic rings. The van der Waals surface area contributed by atoms with Gasteiger partial charge in [-0.05, 0) is 42.9 Å². The lowest BCUT2D eigenvalue weighted by atomic mass is 9.96. The van der Waals surface area contributed by atoms with Crippen LogP contribution in [0, 0.1) is 0 Å². The molecular formula is C15H16O. The number of hydrogen-bond donors (Lipinski definition) is 0. The lowest BCUT2D eigenvalue weighted by Gasteiger charge is -2.08. The van der Waals surface area contributed by atoms with E-state index in [0.29, 0.717) is 0 Å². The van der Waals surface area contributed by atoms with Crippen LogP contribution in [-0.4, -0.2) is 5.78 Å². The Balaban J connectivity index is 2.02. The third kappa shape index (κ3) is 2.93. The van der Waals surface area contributed by atoms with Crippen molar-refractivity contribution in [3.05, 3.63) is 53.6 Å². The average Bonchev–Trinajstić information content (AvgIpc) is 2.38. The summed E-state index contributed by atoms with van der Waals surface area (Å²) in [6.45, 7) is 0. The van der Waals surface area contributed by atoms with Crippen LogP contribution in [0.25, 0.3) is 6.08 Å². The zero-order valence-corrected chi connectivity index (χ0v) is 9.36. The molecule has 0 saturated heterocycles. The molecule has 2 rings (SSSR count). The average molecular weight is 212 g/mol. The topological polar surface area (TPSA) is 17.1 Å². The predicted octanol–water partition coefficient (Wildman–Crippen LogP) is 3.77. The predicted molar refractivity (Wildman–Crippen MR) is 67.0 cm³/mol. The van der Waals surface area contributed by atoms with Crippen molar-refractivity contribution in [2.75, 3.05) is 0 Å². The minimum Gasteiger partial charge on any atom is -0.290 e. The van der Waals surface area contributed by atoms with Crippen molar-refractivity contribution in [1.29, 1.82) is 0 Å². The molecule has 1 aliphatic rings. The summed E-state index contributed by atoms with van der Waals surface area (Å²) in [5.74, 6) is 0.170.